The van der Waals surface area contributed by atoms with Gasteiger partial charge in [-0.25, -0.2) is 4.79 Å². The first-order valence-corrected chi connectivity index (χ1v) is 8.71. The smallest absolute Gasteiger partial charge is 0.332 e. The van der Waals surface area contributed by atoms with Crippen LogP contribution in [0.15, 0.2) is 9.59 Å². The molecule has 2 aromatic rings. The summed E-state index contributed by atoms with van der Waals surface area (Å²) < 4.78 is 4.09. The lowest BCUT2D eigenvalue weighted by Crippen LogP contribution is -2.38. The van der Waals surface area contributed by atoms with Gasteiger partial charge < -0.3 is 20.3 Å². The van der Waals surface area contributed by atoms with Crippen LogP contribution in [0.25, 0.3) is 11.2 Å². The van der Waals surface area contributed by atoms with E-state index in [0.717, 1.165) is 24.0 Å². The topological polar surface area (TPSA) is 106 Å². The first-order chi connectivity index (χ1) is 11.9. The molecular formula is C16H28N6O3. The van der Waals surface area contributed by atoms with Crippen molar-refractivity contribution < 1.29 is 5.11 Å². The molecule has 1 atom stereocenters. The molecule has 25 heavy (non-hydrogen) atoms. The molecular weight excluding hydrogens is 324 g/mol. The Hall–Kier alpha value is -2.13. The van der Waals surface area contributed by atoms with Gasteiger partial charge in [-0.05, 0) is 19.4 Å². The number of hydrogen-bond acceptors (Lipinski definition) is 6. The fourth-order valence-corrected chi connectivity index (χ4v) is 2.72. The number of aromatic nitrogens is 4. The fraction of sp³-hybridized carbons (Fsp3) is 0.688. The second-order valence-electron chi connectivity index (χ2n) is 6.21. The highest BCUT2D eigenvalue weighted by Crippen LogP contribution is 2.16. The van der Waals surface area contributed by atoms with Gasteiger partial charge in [-0.3, -0.25) is 13.9 Å². The summed E-state index contributed by atoms with van der Waals surface area (Å²) in [5, 5.41) is 16.7. The van der Waals surface area contributed by atoms with Crippen LogP contribution in [-0.2, 0) is 20.6 Å². The number of hydrogen-bond donors (Lipinski definition) is 3. The Morgan fingerprint density at radius 1 is 1.12 bits per heavy atom. The van der Waals surface area contributed by atoms with Crippen LogP contribution in [0.2, 0.25) is 0 Å². The van der Waals surface area contributed by atoms with Crippen molar-refractivity contribution in [3.8, 4) is 0 Å². The van der Waals surface area contributed by atoms with Gasteiger partial charge in [0.1, 0.15) is 0 Å². The minimum atomic E-state index is -0.673. The van der Waals surface area contributed by atoms with Gasteiger partial charge in [0.05, 0.1) is 12.6 Å². The van der Waals surface area contributed by atoms with Crippen molar-refractivity contribution in [3.63, 3.8) is 0 Å². The Morgan fingerprint density at radius 2 is 1.80 bits per heavy atom. The average Bonchev–Trinajstić information content (AvgIpc) is 2.95. The second-order valence-corrected chi connectivity index (χ2v) is 6.21. The first-order valence-electron chi connectivity index (χ1n) is 8.71. The lowest BCUT2D eigenvalue weighted by atomic mass is 10.3. The number of rotatable bonds is 9. The maximum absolute atomic E-state index is 12.6. The van der Waals surface area contributed by atoms with Crippen LogP contribution >= 0.6 is 0 Å². The molecule has 2 aromatic heterocycles. The Morgan fingerprint density at radius 3 is 2.44 bits per heavy atom. The molecule has 0 fully saturated rings. The summed E-state index contributed by atoms with van der Waals surface area (Å²) in [5.41, 5.74) is -0.198. The third kappa shape index (κ3) is 3.93. The highest BCUT2D eigenvalue weighted by Gasteiger charge is 2.20. The Bertz CT molecular complexity index is 835. The molecule has 2 heterocycles. The van der Waals surface area contributed by atoms with Gasteiger partial charge in [-0.1, -0.05) is 13.8 Å². The molecule has 0 aliphatic rings. The van der Waals surface area contributed by atoms with Crippen molar-refractivity contribution in [3.05, 3.63) is 20.8 Å². The maximum atomic E-state index is 12.6. The summed E-state index contributed by atoms with van der Waals surface area (Å²) in [6, 6.07) is 0. The van der Waals surface area contributed by atoms with Gasteiger partial charge in [0.25, 0.3) is 5.56 Å². The predicted octanol–water partition coefficient (Wildman–Crippen LogP) is -0.384. The maximum Gasteiger partial charge on any atom is 0.332 e. The number of fused-ring (bicyclic) bond motifs is 1. The molecule has 0 aliphatic heterocycles. The zero-order chi connectivity index (χ0) is 18.6. The molecule has 0 spiro atoms. The van der Waals surface area contributed by atoms with Gasteiger partial charge in [0.15, 0.2) is 11.2 Å². The summed E-state index contributed by atoms with van der Waals surface area (Å²) in [6.45, 7) is 6.22. The quantitative estimate of drug-likeness (QED) is 0.531. The fourth-order valence-electron chi connectivity index (χ4n) is 2.72. The lowest BCUT2D eigenvalue weighted by molar-refractivity contribution is 0.153. The zero-order valence-electron chi connectivity index (χ0n) is 15.4. The van der Waals surface area contributed by atoms with Crippen LogP contribution in [0.3, 0.4) is 0 Å². The van der Waals surface area contributed by atoms with E-state index in [2.05, 4.69) is 22.5 Å². The van der Waals surface area contributed by atoms with Crippen molar-refractivity contribution in [2.45, 2.75) is 39.3 Å². The molecule has 3 N–H and O–H groups in total. The molecule has 0 aliphatic carbocycles. The summed E-state index contributed by atoms with van der Waals surface area (Å²) in [4.78, 5) is 29.2. The molecule has 0 saturated carbocycles. The number of anilines is 1. The van der Waals surface area contributed by atoms with Gasteiger partial charge in [0, 0.05) is 27.2 Å². The number of aliphatic hydroxyl groups excluding tert-OH is 1. The number of aryl methyl sites for hydroxylation is 1. The van der Waals surface area contributed by atoms with E-state index in [1.165, 1.54) is 11.6 Å². The molecule has 9 nitrogen and oxygen atoms in total. The zero-order valence-corrected chi connectivity index (χ0v) is 15.4. The van der Waals surface area contributed by atoms with Crippen LogP contribution in [-0.4, -0.2) is 49.5 Å². The van der Waals surface area contributed by atoms with Crippen molar-refractivity contribution >= 4 is 17.1 Å². The molecule has 0 amide bonds. The van der Waals surface area contributed by atoms with Crippen molar-refractivity contribution in [1.29, 1.82) is 0 Å². The summed E-state index contributed by atoms with van der Waals surface area (Å²) in [5.74, 6) is 0.490. The largest absolute Gasteiger partial charge is 0.390 e. The summed E-state index contributed by atoms with van der Waals surface area (Å²) in [6.07, 6.45) is 1.20. The number of nitrogens with one attached hydrogen (secondary N) is 2. The molecule has 1 unspecified atom stereocenters. The van der Waals surface area contributed by atoms with Crippen molar-refractivity contribution in [2.75, 3.05) is 25.0 Å². The van der Waals surface area contributed by atoms with Gasteiger partial charge in [-0.2, -0.15) is 4.98 Å². The minimum absolute atomic E-state index is 0.215. The lowest BCUT2D eigenvalue weighted by Gasteiger charge is -2.15. The SMILES string of the molecule is CCCNCC(O)Cn1c(NCCC)nc2c1c(=O)n(C)c(=O)n2C. The average molecular weight is 352 g/mol. The first kappa shape index (κ1) is 19.2. The highest BCUT2D eigenvalue weighted by atomic mass is 16.3. The Kier molecular flexibility index (Phi) is 6.38. The highest BCUT2D eigenvalue weighted by molar-refractivity contribution is 5.74. The van der Waals surface area contributed by atoms with E-state index in [0.29, 0.717) is 30.2 Å². The predicted molar refractivity (Wildman–Crippen MR) is 98.2 cm³/mol. The third-order valence-electron chi connectivity index (χ3n) is 4.08. The summed E-state index contributed by atoms with van der Waals surface area (Å²) >= 11 is 0. The number of imidazole rings is 1. The van der Waals surface area contributed by atoms with E-state index in [9.17, 15) is 14.7 Å². The molecule has 0 bridgehead atoms. The van der Waals surface area contributed by atoms with Crippen LogP contribution in [0.4, 0.5) is 5.95 Å². The van der Waals surface area contributed by atoms with Crippen LogP contribution < -0.4 is 21.9 Å². The molecule has 2 rings (SSSR count). The van der Waals surface area contributed by atoms with E-state index in [4.69, 9.17) is 0 Å². The molecule has 0 saturated heterocycles. The van der Waals surface area contributed by atoms with E-state index < -0.39 is 17.4 Å². The Balaban J connectivity index is 2.50. The van der Waals surface area contributed by atoms with Gasteiger partial charge >= 0.3 is 5.69 Å². The molecule has 0 radical (unpaired) electrons. The van der Waals surface area contributed by atoms with Crippen molar-refractivity contribution in [1.82, 2.24) is 24.0 Å². The van der Waals surface area contributed by atoms with Crippen LogP contribution in [0.5, 0.6) is 0 Å². The van der Waals surface area contributed by atoms with Gasteiger partial charge in [-0.15, -0.1) is 0 Å². The summed E-state index contributed by atoms with van der Waals surface area (Å²) in [7, 11) is 3.03. The number of aliphatic hydroxyl groups is 1. The van der Waals surface area contributed by atoms with Crippen LogP contribution in [0.1, 0.15) is 26.7 Å². The van der Waals surface area contributed by atoms with E-state index in [1.807, 2.05) is 6.92 Å². The molecule has 9 heteroatoms. The monoisotopic (exact) mass is 352 g/mol. The standard InChI is InChI=1S/C16H28N6O3/c1-5-7-17-9-11(23)10-22-12-13(19-15(22)18-8-6-2)20(3)16(25)21(4)14(12)24/h11,17,23H,5-10H2,1-4H3,(H,18,19). The Labute approximate surface area is 146 Å². The molecule has 140 valence electrons. The van der Waals surface area contributed by atoms with E-state index in [1.54, 1.807) is 11.6 Å². The second kappa shape index (κ2) is 8.30. The van der Waals surface area contributed by atoms with Gasteiger partial charge in [0.2, 0.25) is 5.95 Å². The molecule has 0 aromatic carbocycles. The van der Waals surface area contributed by atoms with Crippen molar-refractivity contribution in [2.24, 2.45) is 14.1 Å². The van der Waals surface area contributed by atoms with E-state index >= 15 is 0 Å². The van der Waals surface area contributed by atoms with Crippen LogP contribution in [0, 0.1) is 0 Å². The number of nitrogens with zero attached hydrogens (tertiary/aromatic N) is 4. The normalized spacial score (nSPS) is 12.7. The third-order valence-corrected chi connectivity index (χ3v) is 4.08. The minimum Gasteiger partial charge on any atom is -0.390 e. The van der Waals surface area contributed by atoms with E-state index in [-0.39, 0.29) is 6.54 Å².